The highest BCUT2D eigenvalue weighted by molar-refractivity contribution is 5.56. The second-order valence-electron chi connectivity index (χ2n) is 11.7. The molecule has 0 spiro atoms. The van der Waals surface area contributed by atoms with Gasteiger partial charge in [-0.15, -0.1) is 0 Å². The summed E-state index contributed by atoms with van der Waals surface area (Å²) < 4.78 is 243. The molecular weight excluding hydrogens is 768 g/mol. The van der Waals surface area contributed by atoms with Gasteiger partial charge in [0.05, 0.1) is 0 Å². The van der Waals surface area contributed by atoms with Crippen molar-refractivity contribution in [3.05, 3.63) is 42.2 Å². The van der Waals surface area contributed by atoms with Crippen molar-refractivity contribution in [2.75, 3.05) is 7.11 Å². The average molecular weight is 803 g/mol. The molecule has 0 amide bonds. The van der Waals surface area contributed by atoms with Crippen molar-refractivity contribution in [3.63, 3.8) is 0 Å². The summed E-state index contributed by atoms with van der Waals surface area (Å²) in [4.78, 5) is 8.06. The number of rotatable bonds is 22. The second kappa shape index (κ2) is 16.7. The smallest absolute Gasteiger partial charge is 0.428 e. The van der Waals surface area contributed by atoms with E-state index in [1.807, 2.05) is 0 Å². The Bertz CT molecular complexity index is 1440. The SMILES string of the molecule is CCCCCCCCc1cnc(-c2ccc(OC(F)(F)C(F)(F)C(F)(F)C(F)(F)C(F)(F)C(F)(F)C(F)(F)C(F)(F)OC(C)OC(C)OC)cc2)nc1. The first kappa shape index (κ1) is 46.0. The maximum absolute atomic E-state index is 14.4. The molecule has 53 heavy (non-hydrogen) atoms. The number of methoxy groups -OCH3 is 1. The third-order valence-electron chi connectivity index (χ3n) is 7.61. The Morgan fingerprint density at radius 2 is 1.00 bits per heavy atom. The minimum atomic E-state index is -8.63. The highest BCUT2D eigenvalue weighted by Crippen LogP contribution is 2.64. The molecule has 0 fully saturated rings. The van der Waals surface area contributed by atoms with Gasteiger partial charge in [0.15, 0.2) is 18.4 Å². The van der Waals surface area contributed by atoms with E-state index in [1.54, 1.807) is 0 Å². The summed E-state index contributed by atoms with van der Waals surface area (Å²) in [5, 5.41) is 0. The molecular formula is C31H34F16N2O4. The second-order valence-corrected chi connectivity index (χ2v) is 11.7. The van der Waals surface area contributed by atoms with E-state index in [0.29, 0.717) is 18.6 Å². The van der Waals surface area contributed by atoms with E-state index < -0.39 is 66.1 Å². The number of hydrogen-bond acceptors (Lipinski definition) is 6. The summed E-state index contributed by atoms with van der Waals surface area (Å²) in [6.45, 7) is 3.20. The van der Waals surface area contributed by atoms with Gasteiger partial charge in [-0.3, -0.25) is 4.74 Å². The molecule has 2 rings (SSSR count). The van der Waals surface area contributed by atoms with Crippen molar-refractivity contribution < 1.29 is 89.2 Å². The molecule has 2 atom stereocenters. The van der Waals surface area contributed by atoms with Crippen molar-refractivity contribution in [1.82, 2.24) is 9.97 Å². The van der Waals surface area contributed by atoms with Crippen LogP contribution in [0.1, 0.15) is 64.9 Å². The zero-order chi connectivity index (χ0) is 40.9. The van der Waals surface area contributed by atoms with E-state index in [1.165, 1.54) is 12.4 Å². The van der Waals surface area contributed by atoms with Crippen LogP contribution in [0.4, 0.5) is 70.2 Å². The number of halogens is 16. The predicted molar refractivity (Wildman–Crippen MR) is 153 cm³/mol. The molecule has 1 aromatic carbocycles. The first-order valence-electron chi connectivity index (χ1n) is 15.6. The van der Waals surface area contributed by atoms with Gasteiger partial charge in [0.2, 0.25) is 0 Å². The average Bonchev–Trinajstić information content (AvgIpc) is 3.05. The fourth-order valence-corrected chi connectivity index (χ4v) is 4.42. The lowest BCUT2D eigenvalue weighted by molar-refractivity contribution is -0.488. The molecule has 22 heteroatoms. The Kier molecular flexibility index (Phi) is 14.5. The van der Waals surface area contributed by atoms with Crippen LogP contribution in [0.5, 0.6) is 5.75 Å². The van der Waals surface area contributed by atoms with Crippen LogP contribution in [0.15, 0.2) is 36.7 Å². The summed E-state index contributed by atoms with van der Waals surface area (Å²) in [6.07, 6.45) is -8.90. The molecule has 304 valence electrons. The molecule has 2 aromatic rings. The Hall–Kier alpha value is -3.14. The van der Waals surface area contributed by atoms with Crippen LogP contribution in [0.3, 0.4) is 0 Å². The molecule has 0 aliphatic rings. The number of hydrogen-bond donors (Lipinski definition) is 0. The molecule has 0 bridgehead atoms. The fourth-order valence-electron chi connectivity index (χ4n) is 4.42. The number of aryl methyl sites for hydroxylation is 1. The van der Waals surface area contributed by atoms with E-state index >= 15 is 0 Å². The standard InChI is InChI=1S/C31H34F16N2O4/c1-5-6-7-8-9-10-11-20-16-48-23(49-17-20)21-12-14-22(15-13-21)53-31(46,47)29(42,43)27(38,39)25(34,35)24(32,33)26(36,37)28(40,41)30(44,45)52-19(3)51-18(2)50-4/h12-19H,5-11H2,1-4H3. The molecule has 0 N–H and O–H groups in total. The summed E-state index contributed by atoms with van der Waals surface area (Å²) in [5.74, 6) is -51.5. The van der Waals surface area contributed by atoms with Crippen molar-refractivity contribution in [2.24, 2.45) is 0 Å². The van der Waals surface area contributed by atoms with Gasteiger partial charge < -0.3 is 14.2 Å². The highest BCUT2D eigenvalue weighted by atomic mass is 19.4. The molecule has 0 saturated carbocycles. The van der Waals surface area contributed by atoms with Gasteiger partial charge in [0.1, 0.15) is 5.75 Å². The Balaban J connectivity index is 2.29. The molecule has 1 aromatic heterocycles. The fraction of sp³-hybridized carbons (Fsp3) is 0.677. The minimum absolute atomic E-state index is 0.0202. The minimum Gasteiger partial charge on any atom is -0.428 e. The Morgan fingerprint density at radius 1 is 0.566 bits per heavy atom. The largest absolute Gasteiger partial charge is 0.471 e. The van der Waals surface area contributed by atoms with Crippen LogP contribution in [-0.2, 0) is 20.6 Å². The van der Waals surface area contributed by atoms with Crippen LogP contribution in [0, 0.1) is 0 Å². The zero-order valence-electron chi connectivity index (χ0n) is 28.1. The van der Waals surface area contributed by atoms with Gasteiger partial charge in [-0.25, -0.2) is 9.97 Å². The number of ether oxygens (including phenoxy) is 4. The number of benzene rings is 1. The monoisotopic (exact) mass is 802 g/mol. The normalized spacial score (nSPS) is 15.4. The quantitative estimate of drug-likeness (QED) is 0.0671. The van der Waals surface area contributed by atoms with Crippen LogP contribution in [-0.4, -0.2) is 77.4 Å². The third kappa shape index (κ3) is 9.22. The van der Waals surface area contributed by atoms with Crippen LogP contribution < -0.4 is 4.74 Å². The van der Waals surface area contributed by atoms with Gasteiger partial charge in [0, 0.05) is 25.1 Å². The molecule has 0 radical (unpaired) electrons. The topological polar surface area (TPSA) is 62.7 Å². The number of nitrogens with zero attached hydrogens (tertiary/aromatic N) is 2. The first-order valence-corrected chi connectivity index (χ1v) is 15.6. The summed E-state index contributed by atoms with van der Waals surface area (Å²) in [7, 11) is 0.827. The van der Waals surface area contributed by atoms with Crippen molar-refractivity contribution in [2.45, 2.75) is 126 Å². The zero-order valence-corrected chi connectivity index (χ0v) is 28.1. The lowest BCUT2D eigenvalue weighted by atomic mass is 9.90. The van der Waals surface area contributed by atoms with Crippen molar-refractivity contribution in [3.8, 4) is 17.1 Å². The van der Waals surface area contributed by atoms with Crippen LogP contribution in [0.2, 0.25) is 0 Å². The van der Waals surface area contributed by atoms with Gasteiger partial charge in [0.25, 0.3) is 0 Å². The van der Waals surface area contributed by atoms with E-state index in [0.717, 1.165) is 70.3 Å². The van der Waals surface area contributed by atoms with E-state index in [9.17, 15) is 70.2 Å². The molecule has 1 heterocycles. The summed E-state index contributed by atoms with van der Waals surface area (Å²) in [6, 6.07) is 2.32. The number of alkyl halides is 16. The summed E-state index contributed by atoms with van der Waals surface area (Å²) >= 11 is 0. The Morgan fingerprint density at radius 3 is 1.47 bits per heavy atom. The van der Waals surface area contributed by atoms with E-state index in [-0.39, 0.29) is 18.3 Å². The van der Waals surface area contributed by atoms with E-state index in [4.69, 9.17) is 0 Å². The molecule has 0 saturated heterocycles. The molecule has 2 unspecified atom stereocenters. The van der Waals surface area contributed by atoms with Crippen molar-refractivity contribution in [1.29, 1.82) is 0 Å². The molecule has 6 nitrogen and oxygen atoms in total. The predicted octanol–water partition coefficient (Wildman–Crippen LogP) is 10.8. The van der Waals surface area contributed by atoms with Gasteiger partial charge in [-0.05, 0) is 56.5 Å². The number of unbranched alkanes of at least 4 members (excludes halogenated alkanes) is 5. The highest BCUT2D eigenvalue weighted by Gasteiger charge is 2.95. The van der Waals surface area contributed by atoms with Crippen LogP contribution >= 0.6 is 0 Å². The third-order valence-corrected chi connectivity index (χ3v) is 7.61. The summed E-state index contributed by atoms with van der Waals surface area (Å²) in [5.41, 5.74) is 0.697. The van der Waals surface area contributed by atoms with Crippen molar-refractivity contribution >= 4 is 0 Å². The van der Waals surface area contributed by atoms with Gasteiger partial charge >= 0.3 is 47.8 Å². The Labute approximate surface area is 292 Å². The van der Waals surface area contributed by atoms with E-state index in [2.05, 4.69) is 35.8 Å². The van der Waals surface area contributed by atoms with Gasteiger partial charge in [-0.2, -0.15) is 70.2 Å². The van der Waals surface area contributed by atoms with Crippen LogP contribution in [0.25, 0.3) is 11.4 Å². The lowest BCUT2D eigenvalue weighted by Gasteiger charge is -2.43. The lowest BCUT2D eigenvalue weighted by Crippen LogP contribution is -2.75. The maximum Gasteiger partial charge on any atom is 0.471 e. The molecule has 0 aliphatic heterocycles. The van der Waals surface area contributed by atoms with Gasteiger partial charge in [-0.1, -0.05) is 39.0 Å². The molecule has 0 aliphatic carbocycles. The maximum atomic E-state index is 14.4. The first-order chi connectivity index (χ1) is 24.1. The number of aromatic nitrogens is 2.